The summed E-state index contributed by atoms with van der Waals surface area (Å²) >= 11 is 0. The Morgan fingerprint density at radius 1 is 1.47 bits per heavy atom. The molecule has 1 heterocycles. The molecule has 0 amide bonds. The molecule has 0 aromatic carbocycles. The molecule has 0 atom stereocenters. The predicted molar refractivity (Wildman–Crippen MR) is 61.0 cm³/mol. The molecule has 0 aliphatic heterocycles. The van der Waals surface area contributed by atoms with Crippen LogP contribution in [0.2, 0.25) is 0 Å². The largest absolute Gasteiger partial charge is 0.481 e. The van der Waals surface area contributed by atoms with E-state index in [-0.39, 0.29) is 0 Å². The Morgan fingerprint density at radius 2 is 2.27 bits per heavy atom. The van der Waals surface area contributed by atoms with E-state index < -0.39 is 0 Å². The van der Waals surface area contributed by atoms with E-state index in [0.717, 1.165) is 25.3 Å². The van der Waals surface area contributed by atoms with Crippen molar-refractivity contribution in [1.29, 1.82) is 0 Å². The van der Waals surface area contributed by atoms with Crippen LogP contribution in [0.15, 0.2) is 18.2 Å². The third-order valence-electron chi connectivity index (χ3n) is 2.17. The molecule has 4 heteroatoms. The quantitative estimate of drug-likeness (QED) is 0.750. The van der Waals surface area contributed by atoms with Crippen LogP contribution in [0, 0.1) is 0 Å². The van der Waals surface area contributed by atoms with Crippen LogP contribution in [0.5, 0.6) is 5.88 Å². The molecule has 1 aromatic rings. The maximum atomic E-state index is 5.08. The number of nitrogens with one attached hydrogen (secondary N) is 1. The van der Waals surface area contributed by atoms with Gasteiger partial charge in [-0.25, -0.2) is 4.98 Å². The first kappa shape index (κ1) is 11.9. The van der Waals surface area contributed by atoms with Crippen LogP contribution in [0.4, 0.5) is 0 Å². The summed E-state index contributed by atoms with van der Waals surface area (Å²) in [5.41, 5.74) is 1.04. The number of pyridine rings is 1. The van der Waals surface area contributed by atoms with Crippen molar-refractivity contribution in [3.05, 3.63) is 23.9 Å². The van der Waals surface area contributed by atoms with Crippen LogP contribution in [-0.2, 0) is 6.54 Å². The molecular formula is C11H19N3O. The van der Waals surface area contributed by atoms with Crippen LogP contribution in [0.25, 0.3) is 0 Å². The number of hydrogen-bond donors (Lipinski definition) is 1. The number of aromatic nitrogens is 1. The molecular weight excluding hydrogens is 190 g/mol. The van der Waals surface area contributed by atoms with E-state index in [4.69, 9.17) is 4.74 Å². The summed E-state index contributed by atoms with van der Waals surface area (Å²) in [5, 5.41) is 3.12. The Morgan fingerprint density at radius 3 is 2.93 bits per heavy atom. The Hall–Kier alpha value is -1.13. The minimum absolute atomic E-state index is 0.675. The molecule has 1 aromatic heterocycles. The van der Waals surface area contributed by atoms with Crippen molar-refractivity contribution in [1.82, 2.24) is 15.2 Å². The van der Waals surface area contributed by atoms with E-state index >= 15 is 0 Å². The molecule has 84 valence electrons. The van der Waals surface area contributed by atoms with E-state index in [1.165, 1.54) is 0 Å². The van der Waals surface area contributed by atoms with E-state index in [9.17, 15) is 0 Å². The summed E-state index contributed by atoms with van der Waals surface area (Å²) in [6, 6.07) is 5.84. The average molecular weight is 209 g/mol. The van der Waals surface area contributed by atoms with Gasteiger partial charge in [-0.2, -0.15) is 0 Å². The molecule has 1 N–H and O–H groups in total. The number of hydrogen-bond acceptors (Lipinski definition) is 4. The molecule has 1 rings (SSSR count). The van der Waals surface area contributed by atoms with Crippen LogP contribution >= 0.6 is 0 Å². The second-order valence-electron chi connectivity index (χ2n) is 3.51. The third kappa shape index (κ3) is 4.27. The van der Waals surface area contributed by atoms with Gasteiger partial charge >= 0.3 is 0 Å². The first-order chi connectivity index (χ1) is 7.26. The van der Waals surface area contributed by atoms with Gasteiger partial charge in [-0.3, -0.25) is 4.90 Å². The van der Waals surface area contributed by atoms with Gasteiger partial charge in [-0.1, -0.05) is 6.07 Å². The first-order valence-corrected chi connectivity index (χ1v) is 5.09. The fourth-order valence-electron chi connectivity index (χ4n) is 1.32. The Labute approximate surface area is 91.3 Å². The summed E-state index contributed by atoms with van der Waals surface area (Å²) in [7, 11) is 5.67. The maximum Gasteiger partial charge on any atom is 0.213 e. The van der Waals surface area contributed by atoms with E-state index in [1.54, 1.807) is 7.11 Å². The molecule has 0 bridgehead atoms. The minimum Gasteiger partial charge on any atom is -0.481 e. The van der Waals surface area contributed by atoms with Gasteiger partial charge in [-0.15, -0.1) is 0 Å². The van der Waals surface area contributed by atoms with E-state index in [0.29, 0.717) is 5.88 Å². The van der Waals surface area contributed by atoms with Crippen molar-refractivity contribution in [3.8, 4) is 5.88 Å². The van der Waals surface area contributed by atoms with Crippen LogP contribution in [0.1, 0.15) is 5.69 Å². The highest BCUT2D eigenvalue weighted by Gasteiger charge is 2.01. The normalized spacial score (nSPS) is 10.7. The lowest BCUT2D eigenvalue weighted by Crippen LogP contribution is -2.27. The summed E-state index contributed by atoms with van der Waals surface area (Å²) in [5.74, 6) is 0.675. The molecule has 0 saturated carbocycles. The highest BCUT2D eigenvalue weighted by atomic mass is 16.5. The molecule has 15 heavy (non-hydrogen) atoms. The molecule has 0 radical (unpaired) electrons. The molecule has 0 fully saturated rings. The minimum atomic E-state index is 0.675. The SMILES string of the molecule is CNCCN(C)Cc1cccc(OC)n1. The van der Waals surface area contributed by atoms with Gasteiger partial charge in [0.25, 0.3) is 0 Å². The van der Waals surface area contributed by atoms with Crippen molar-refractivity contribution in [2.75, 3.05) is 34.3 Å². The lowest BCUT2D eigenvalue weighted by atomic mass is 10.3. The lowest BCUT2D eigenvalue weighted by molar-refractivity contribution is 0.321. The number of methoxy groups -OCH3 is 1. The standard InChI is InChI=1S/C11H19N3O/c1-12-7-8-14(2)9-10-5-4-6-11(13-10)15-3/h4-6,12H,7-9H2,1-3H3. The van der Waals surface area contributed by atoms with Gasteiger partial charge in [0.05, 0.1) is 12.8 Å². The smallest absolute Gasteiger partial charge is 0.213 e. The van der Waals surface area contributed by atoms with Crippen molar-refractivity contribution in [3.63, 3.8) is 0 Å². The summed E-state index contributed by atoms with van der Waals surface area (Å²) in [4.78, 5) is 6.58. The molecule has 4 nitrogen and oxygen atoms in total. The zero-order valence-electron chi connectivity index (χ0n) is 9.66. The number of likely N-dealkylation sites (N-methyl/N-ethyl adjacent to an activating group) is 2. The van der Waals surface area contributed by atoms with E-state index in [1.807, 2.05) is 25.2 Å². The Bertz CT molecular complexity index is 291. The average Bonchev–Trinajstić information content (AvgIpc) is 2.26. The van der Waals surface area contributed by atoms with Crippen molar-refractivity contribution >= 4 is 0 Å². The monoisotopic (exact) mass is 209 g/mol. The van der Waals surface area contributed by atoms with Crippen LogP contribution < -0.4 is 10.1 Å². The zero-order valence-corrected chi connectivity index (χ0v) is 9.66. The second kappa shape index (κ2) is 6.37. The van der Waals surface area contributed by atoms with Gasteiger partial charge in [-0.05, 0) is 20.2 Å². The fourth-order valence-corrected chi connectivity index (χ4v) is 1.32. The highest BCUT2D eigenvalue weighted by Crippen LogP contribution is 2.07. The predicted octanol–water partition coefficient (Wildman–Crippen LogP) is 0.741. The third-order valence-corrected chi connectivity index (χ3v) is 2.17. The summed E-state index contributed by atoms with van der Waals surface area (Å²) in [6.07, 6.45) is 0. The number of rotatable bonds is 6. The maximum absolute atomic E-state index is 5.08. The number of ether oxygens (including phenoxy) is 1. The van der Waals surface area contributed by atoms with Gasteiger partial charge in [0.1, 0.15) is 0 Å². The Kier molecular flexibility index (Phi) is 5.07. The molecule has 0 aliphatic rings. The lowest BCUT2D eigenvalue weighted by Gasteiger charge is -2.15. The Balaban J connectivity index is 2.48. The van der Waals surface area contributed by atoms with Crippen molar-refractivity contribution in [2.45, 2.75) is 6.54 Å². The van der Waals surface area contributed by atoms with Gasteiger partial charge in [0.15, 0.2) is 0 Å². The van der Waals surface area contributed by atoms with Gasteiger partial charge < -0.3 is 10.1 Å². The topological polar surface area (TPSA) is 37.4 Å². The summed E-state index contributed by atoms with van der Waals surface area (Å²) < 4.78 is 5.08. The second-order valence-corrected chi connectivity index (χ2v) is 3.51. The first-order valence-electron chi connectivity index (χ1n) is 5.09. The number of nitrogens with zero attached hydrogens (tertiary/aromatic N) is 2. The molecule has 0 spiro atoms. The van der Waals surface area contributed by atoms with Crippen molar-refractivity contribution < 1.29 is 4.74 Å². The fraction of sp³-hybridized carbons (Fsp3) is 0.545. The zero-order chi connectivity index (χ0) is 11.1. The van der Waals surface area contributed by atoms with E-state index in [2.05, 4.69) is 22.2 Å². The van der Waals surface area contributed by atoms with Crippen molar-refractivity contribution in [2.24, 2.45) is 0 Å². The summed E-state index contributed by atoms with van der Waals surface area (Å²) in [6.45, 7) is 2.84. The molecule has 0 aliphatic carbocycles. The van der Waals surface area contributed by atoms with Crippen LogP contribution in [-0.4, -0.2) is 44.2 Å². The van der Waals surface area contributed by atoms with Gasteiger partial charge in [0.2, 0.25) is 5.88 Å². The van der Waals surface area contributed by atoms with Gasteiger partial charge in [0, 0.05) is 25.7 Å². The molecule has 0 unspecified atom stereocenters. The highest BCUT2D eigenvalue weighted by molar-refractivity contribution is 5.15. The molecule has 0 saturated heterocycles. The van der Waals surface area contributed by atoms with Crippen LogP contribution in [0.3, 0.4) is 0 Å².